The number of sulfone groups is 1. The second kappa shape index (κ2) is 3.46. The Balaban J connectivity index is 2.05. The first kappa shape index (κ1) is 10.6. The van der Waals surface area contributed by atoms with Crippen LogP contribution < -0.4 is 5.73 Å². The predicted octanol–water partition coefficient (Wildman–Crippen LogP) is 1.59. The molecule has 1 aliphatic carbocycles. The van der Waals surface area contributed by atoms with Crippen LogP contribution in [0.5, 0.6) is 0 Å². The van der Waals surface area contributed by atoms with Crippen molar-refractivity contribution in [2.45, 2.75) is 18.1 Å². The molecule has 0 atom stereocenters. The smallest absolute Gasteiger partial charge is 0.316 e. The number of nitrogens with two attached hydrogens (primary N) is 1. The number of anilines is 1. The van der Waals surface area contributed by atoms with E-state index in [4.69, 9.17) is 10.2 Å². The van der Waals surface area contributed by atoms with E-state index in [0.29, 0.717) is 16.8 Å². The molecule has 3 rings (SSSR count). The highest BCUT2D eigenvalue weighted by atomic mass is 32.2. The lowest BCUT2D eigenvalue weighted by Gasteiger charge is -1.95. The Hall–Kier alpha value is -1.56. The highest BCUT2D eigenvalue weighted by molar-refractivity contribution is 7.91. The standard InChI is InChI=1S/C11H12N2O3S/c12-8-3-4-10-9(5-8)13-11(16-10)17(14,15)6-7-1-2-7/h3-5,7H,1-2,6,12H2. The van der Waals surface area contributed by atoms with Gasteiger partial charge in [0.2, 0.25) is 9.84 Å². The van der Waals surface area contributed by atoms with Crippen LogP contribution in [0, 0.1) is 5.92 Å². The molecule has 0 saturated heterocycles. The molecule has 0 spiro atoms. The third kappa shape index (κ3) is 2.00. The number of nitrogens with zero attached hydrogens (tertiary/aromatic N) is 1. The van der Waals surface area contributed by atoms with Gasteiger partial charge in [0.1, 0.15) is 5.52 Å². The topological polar surface area (TPSA) is 86.2 Å². The SMILES string of the molecule is Nc1ccc2oc(S(=O)(=O)CC3CC3)nc2c1. The van der Waals surface area contributed by atoms with E-state index in [9.17, 15) is 8.42 Å². The van der Waals surface area contributed by atoms with Crippen molar-refractivity contribution >= 4 is 26.6 Å². The predicted molar refractivity (Wildman–Crippen MR) is 63.2 cm³/mol. The molecule has 0 amide bonds. The molecule has 2 N–H and O–H groups in total. The molecule has 1 aromatic heterocycles. The first-order valence-electron chi connectivity index (χ1n) is 5.43. The van der Waals surface area contributed by atoms with E-state index in [1.54, 1.807) is 18.2 Å². The molecule has 6 heteroatoms. The Morgan fingerprint density at radius 3 is 2.88 bits per heavy atom. The molecule has 2 aromatic rings. The number of nitrogen functional groups attached to an aromatic ring is 1. The average molecular weight is 252 g/mol. The summed E-state index contributed by atoms with van der Waals surface area (Å²) in [7, 11) is -3.39. The number of benzene rings is 1. The van der Waals surface area contributed by atoms with Crippen LogP contribution in [0.4, 0.5) is 5.69 Å². The van der Waals surface area contributed by atoms with Crippen LogP contribution in [-0.4, -0.2) is 19.2 Å². The van der Waals surface area contributed by atoms with Crippen molar-refractivity contribution in [3.63, 3.8) is 0 Å². The van der Waals surface area contributed by atoms with Crippen LogP contribution in [0.3, 0.4) is 0 Å². The summed E-state index contributed by atoms with van der Waals surface area (Å²) in [4.78, 5) is 3.99. The second-order valence-corrected chi connectivity index (χ2v) is 6.34. The van der Waals surface area contributed by atoms with E-state index >= 15 is 0 Å². The molecule has 90 valence electrons. The van der Waals surface area contributed by atoms with Crippen molar-refractivity contribution in [3.05, 3.63) is 18.2 Å². The first-order valence-corrected chi connectivity index (χ1v) is 7.09. The minimum atomic E-state index is -3.39. The maximum absolute atomic E-state index is 11.9. The van der Waals surface area contributed by atoms with E-state index in [1.165, 1.54) is 0 Å². The Kier molecular flexibility index (Phi) is 2.16. The van der Waals surface area contributed by atoms with Crippen molar-refractivity contribution in [1.82, 2.24) is 4.98 Å². The molecule has 1 heterocycles. The van der Waals surface area contributed by atoms with Gasteiger partial charge >= 0.3 is 5.22 Å². The van der Waals surface area contributed by atoms with E-state index in [2.05, 4.69) is 4.98 Å². The van der Waals surface area contributed by atoms with Gasteiger partial charge in [-0.15, -0.1) is 0 Å². The number of oxazole rings is 1. The summed E-state index contributed by atoms with van der Waals surface area (Å²) < 4.78 is 29.2. The third-order valence-corrected chi connectivity index (χ3v) is 4.43. The molecular formula is C11H12N2O3S. The zero-order valence-electron chi connectivity index (χ0n) is 9.09. The van der Waals surface area contributed by atoms with Gasteiger partial charge in [0.15, 0.2) is 5.58 Å². The van der Waals surface area contributed by atoms with Crippen LogP contribution in [0.15, 0.2) is 27.8 Å². The molecule has 0 unspecified atom stereocenters. The number of hydrogen-bond donors (Lipinski definition) is 1. The van der Waals surface area contributed by atoms with Gasteiger partial charge in [0, 0.05) is 5.69 Å². The fourth-order valence-electron chi connectivity index (χ4n) is 1.72. The Labute approximate surface area is 98.5 Å². The van der Waals surface area contributed by atoms with Crippen molar-refractivity contribution < 1.29 is 12.8 Å². The molecule has 0 aliphatic heterocycles. The molecule has 1 aromatic carbocycles. The van der Waals surface area contributed by atoms with Crippen LogP contribution in [0.25, 0.3) is 11.1 Å². The van der Waals surface area contributed by atoms with Gasteiger partial charge < -0.3 is 10.2 Å². The fraction of sp³-hybridized carbons (Fsp3) is 0.364. The summed E-state index contributed by atoms with van der Waals surface area (Å²) in [6, 6.07) is 4.90. The number of rotatable bonds is 3. The van der Waals surface area contributed by atoms with Gasteiger partial charge in [-0.1, -0.05) is 0 Å². The Morgan fingerprint density at radius 2 is 2.18 bits per heavy atom. The summed E-state index contributed by atoms with van der Waals surface area (Å²) in [5.74, 6) is 0.412. The molecule has 1 aliphatic rings. The Bertz CT molecular complexity index is 671. The average Bonchev–Trinajstić information content (AvgIpc) is 2.94. The van der Waals surface area contributed by atoms with E-state index in [0.717, 1.165) is 12.8 Å². The van der Waals surface area contributed by atoms with Gasteiger partial charge in [-0.3, -0.25) is 0 Å². The van der Waals surface area contributed by atoms with Gasteiger partial charge in [0.05, 0.1) is 5.75 Å². The summed E-state index contributed by atoms with van der Waals surface area (Å²) >= 11 is 0. The summed E-state index contributed by atoms with van der Waals surface area (Å²) in [6.07, 6.45) is 1.96. The number of fused-ring (bicyclic) bond motifs is 1. The lowest BCUT2D eigenvalue weighted by molar-refractivity contribution is 0.457. The Morgan fingerprint density at radius 1 is 1.41 bits per heavy atom. The molecule has 1 fully saturated rings. The quantitative estimate of drug-likeness (QED) is 0.838. The van der Waals surface area contributed by atoms with E-state index in [-0.39, 0.29) is 16.9 Å². The lowest BCUT2D eigenvalue weighted by Crippen LogP contribution is -2.08. The second-order valence-electron chi connectivity index (χ2n) is 4.43. The highest BCUT2D eigenvalue weighted by Crippen LogP contribution is 2.32. The maximum atomic E-state index is 11.9. The molecule has 1 saturated carbocycles. The van der Waals surface area contributed by atoms with E-state index < -0.39 is 9.84 Å². The molecular weight excluding hydrogens is 240 g/mol. The fourth-order valence-corrected chi connectivity index (χ4v) is 3.27. The van der Waals surface area contributed by atoms with Gasteiger partial charge in [-0.2, -0.15) is 4.98 Å². The molecule has 5 nitrogen and oxygen atoms in total. The van der Waals surface area contributed by atoms with Crippen LogP contribution in [0.1, 0.15) is 12.8 Å². The minimum Gasteiger partial charge on any atom is -0.428 e. The lowest BCUT2D eigenvalue weighted by atomic mass is 10.3. The number of aromatic nitrogens is 1. The zero-order valence-corrected chi connectivity index (χ0v) is 9.90. The van der Waals surface area contributed by atoms with Crippen LogP contribution in [-0.2, 0) is 9.84 Å². The summed E-state index contributed by atoms with van der Waals surface area (Å²) in [5, 5.41) is -0.190. The normalized spacial score (nSPS) is 16.5. The first-order chi connectivity index (χ1) is 8.04. The molecule has 0 bridgehead atoms. The minimum absolute atomic E-state index is 0.134. The van der Waals surface area contributed by atoms with Crippen molar-refractivity contribution in [1.29, 1.82) is 0 Å². The zero-order chi connectivity index (χ0) is 12.0. The monoisotopic (exact) mass is 252 g/mol. The summed E-state index contributed by atoms with van der Waals surface area (Å²) in [5.41, 5.74) is 7.08. The van der Waals surface area contributed by atoms with Crippen LogP contribution in [0.2, 0.25) is 0 Å². The van der Waals surface area contributed by atoms with Gasteiger partial charge in [-0.25, -0.2) is 8.42 Å². The van der Waals surface area contributed by atoms with Crippen molar-refractivity contribution in [2.75, 3.05) is 11.5 Å². The van der Waals surface area contributed by atoms with Gasteiger partial charge in [-0.05, 0) is 37.0 Å². The molecule has 0 radical (unpaired) electrons. The van der Waals surface area contributed by atoms with Gasteiger partial charge in [0.25, 0.3) is 0 Å². The van der Waals surface area contributed by atoms with Crippen molar-refractivity contribution in [2.24, 2.45) is 5.92 Å². The number of hydrogen-bond acceptors (Lipinski definition) is 5. The van der Waals surface area contributed by atoms with Crippen molar-refractivity contribution in [3.8, 4) is 0 Å². The molecule has 17 heavy (non-hydrogen) atoms. The van der Waals surface area contributed by atoms with E-state index in [1.807, 2.05) is 0 Å². The third-order valence-electron chi connectivity index (χ3n) is 2.81. The largest absolute Gasteiger partial charge is 0.428 e. The van der Waals surface area contributed by atoms with Crippen LogP contribution >= 0.6 is 0 Å². The highest BCUT2D eigenvalue weighted by Gasteiger charge is 2.32. The summed E-state index contributed by atoms with van der Waals surface area (Å²) in [6.45, 7) is 0. The maximum Gasteiger partial charge on any atom is 0.316 e.